The van der Waals surface area contributed by atoms with Crippen molar-refractivity contribution in [3.05, 3.63) is 58.9 Å². The fourth-order valence-electron chi connectivity index (χ4n) is 5.55. The first-order chi connectivity index (χ1) is 17.5. The van der Waals surface area contributed by atoms with E-state index >= 15 is 0 Å². The molecule has 1 N–H and O–H groups in total. The number of rotatable bonds is 8. The molecule has 10 heteroatoms. The van der Waals surface area contributed by atoms with Crippen molar-refractivity contribution in [2.24, 2.45) is 11.8 Å². The van der Waals surface area contributed by atoms with Crippen LogP contribution in [-0.4, -0.2) is 42.7 Å². The average molecular weight is 538 g/mol. The molecule has 1 aromatic heterocycles. The molecule has 1 aromatic carbocycles. The number of hydrogen-bond donors (Lipinski definition) is 1. The van der Waals surface area contributed by atoms with Gasteiger partial charge in [0.05, 0.1) is 28.8 Å². The maximum Gasteiger partial charge on any atom is 0.391 e. The van der Waals surface area contributed by atoms with Crippen molar-refractivity contribution in [1.29, 1.82) is 0 Å². The number of aromatic nitrogens is 1. The first-order valence-electron chi connectivity index (χ1n) is 12.9. The Balaban J connectivity index is 1.35. The normalized spacial score (nSPS) is 22.6. The van der Waals surface area contributed by atoms with Gasteiger partial charge < -0.3 is 5.32 Å². The van der Waals surface area contributed by atoms with Gasteiger partial charge in [0.1, 0.15) is 0 Å². The zero-order chi connectivity index (χ0) is 26.8. The Bertz CT molecular complexity index is 1210. The molecule has 0 unspecified atom stereocenters. The van der Waals surface area contributed by atoms with Crippen molar-refractivity contribution in [1.82, 2.24) is 15.2 Å². The Morgan fingerprint density at radius 3 is 2.43 bits per heavy atom. The molecule has 1 fully saturated rings. The summed E-state index contributed by atoms with van der Waals surface area (Å²) in [5.41, 5.74) is 3.35. The summed E-state index contributed by atoms with van der Waals surface area (Å²) in [7, 11) is -3.32. The van der Waals surface area contributed by atoms with E-state index in [0.29, 0.717) is 30.6 Å². The minimum atomic E-state index is -4.09. The van der Waals surface area contributed by atoms with Crippen LogP contribution in [0.25, 0.3) is 0 Å². The highest BCUT2D eigenvalue weighted by molar-refractivity contribution is 7.91. The highest BCUT2D eigenvalue weighted by Gasteiger charge is 2.42. The van der Waals surface area contributed by atoms with Gasteiger partial charge in [0.2, 0.25) is 0 Å². The van der Waals surface area contributed by atoms with Crippen molar-refractivity contribution in [3.8, 4) is 0 Å². The molecule has 1 amide bonds. The smallest absolute Gasteiger partial charge is 0.346 e. The Kier molecular flexibility index (Phi) is 8.28. The number of halogens is 3. The van der Waals surface area contributed by atoms with Gasteiger partial charge in [-0.1, -0.05) is 19.9 Å². The number of pyridine rings is 1. The third kappa shape index (κ3) is 6.34. The van der Waals surface area contributed by atoms with E-state index < -0.39 is 21.9 Å². The van der Waals surface area contributed by atoms with Crippen LogP contribution in [-0.2, 0) is 22.9 Å². The molecule has 0 radical (unpaired) electrons. The largest absolute Gasteiger partial charge is 0.391 e. The first kappa shape index (κ1) is 27.6. The summed E-state index contributed by atoms with van der Waals surface area (Å²) in [6.45, 7) is 5.31. The summed E-state index contributed by atoms with van der Waals surface area (Å²) in [6.07, 6.45) is -0.269. The number of carbonyl (C=O) groups is 1. The summed E-state index contributed by atoms with van der Waals surface area (Å²) in [5.74, 6) is -1.15. The lowest BCUT2D eigenvalue weighted by Gasteiger charge is -2.34. The molecule has 0 spiro atoms. The number of hydrogen-bond acceptors (Lipinski definition) is 5. The molecule has 4 rings (SSSR count). The highest BCUT2D eigenvalue weighted by Crippen LogP contribution is 2.42. The zero-order valence-corrected chi connectivity index (χ0v) is 22.0. The van der Waals surface area contributed by atoms with Gasteiger partial charge >= 0.3 is 6.18 Å². The molecule has 1 atom stereocenters. The van der Waals surface area contributed by atoms with Gasteiger partial charge in [0.25, 0.3) is 5.91 Å². The molecule has 1 aliphatic carbocycles. The molecule has 37 heavy (non-hydrogen) atoms. The van der Waals surface area contributed by atoms with E-state index in [1.165, 1.54) is 17.8 Å². The van der Waals surface area contributed by atoms with E-state index in [4.69, 9.17) is 0 Å². The second kappa shape index (κ2) is 11.1. The molecule has 1 aliphatic heterocycles. The van der Waals surface area contributed by atoms with Crippen LogP contribution in [0.3, 0.4) is 0 Å². The first-order valence-corrected chi connectivity index (χ1v) is 14.6. The lowest BCUT2D eigenvalue weighted by Crippen LogP contribution is -2.33. The van der Waals surface area contributed by atoms with Crippen LogP contribution in [0.2, 0.25) is 0 Å². The quantitative estimate of drug-likeness (QED) is 0.485. The fourth-order valence-corrected chi connectivity index (χ4v) is 6.37. The minimum Gasteiger partial charge on any atom is -0.346 e. The summed E-state index contributed by atoms with van der Waals surface area (Å²) in [5, 5.41) is 2.84. The van der Waals surface area contributed by atoms with Crippen LogP contribution >= 0.6 is 0 Å². The monoisotopic (exact) mass is 537 g/mol. The summed E-state index contributed by atoms with van der Waals surface area (Å²) < 4.78 is 62.9. The molecule has 2 aliphatic rings. The Labute approximate surface area is 216 Å². The molecule has 0 saturated heterocycles. The molecule has 6 nitrogen and oxygen atoms in total. The molecule has 2 aromatic rings. The number of sulfone groups is 1. The van der Waals surface area contributed by atoms with Crippen molar-refractivity contribution in [2.75, 3.05) is 12.3 Å². The minimum absolute atomic E-state index is 0.00140. The van der Waals surface area contributed by atoms with E-state index in [9.17, 15) is 26.4 Å². The van der Waals surface area contributed by atoms with Crippen LogP contribution in [0.4, 0.5) is 13.2 Å². The number of nitrogens with one attached hydrogen (secondary N) is 1. The van der Waals surface area contributed by atoms with Crippen LogP contribution < -0.4 is 5.32 Å². The van der Waals surface area contributed by atoms with Gasteiger partial charge in [-0.25, -0.2) is 8.42 Å². The van der Waals surface area contributed by atoms with Gasteiger partial charge in [-0.2, -0.15) is 13.2 Å². The van der Waals surface area contributed by atoms with E-state index in [1.807, 2.05) is 12.1 Å². The van der Waals surface area contributed by atoms with Crippen LogP contribution in [0, 0.1) is 11.8 Å². The van der Waals surface area contributed by atoms with Gasteiger partial charge in [0, 0.05) is 30.9 Å². The fraction of sp³-hybridized carbons (Fsp3) is 0.556. The Hall–Kier alpha value is -2.46. The summed E-state index contributed by atoms with van der Waals surface area (Å²) in [4.78, 5) is 19.5. The van der Waals surface area contributed by atoms with E-state index in [1.54, 1.807) is 19.1 Å². The molecule has 1 saturated carbocycles. The number of fused-ring (bicyclic) bond motifs is 1. The summed E-state index contributed by atoms with van der Waals surface area (Å²) >= 11 is 0. The molecule has 0 bridgehead atoms. The van der Waals surface area contributed by atoms with E-state index in [2.05, 4.69) is 22.1 Å². The van der Waals surface area contributed by atoms with Gasteiger partial charge in [-0.15, -0.1) is 0 Å². The maximum atomic E-state index is 13.0. The third-order valence-corrected chi connectivity index (χ3v) is 9.45. The van der Waals surface area contributed by atoms with Gasteiger partial charge in [-0.3, -0.25) is 14.7 Å². The lowest BCUT2D eigenvalue weighted by molar-refractivity contribution is -0.184. The summed E-state index contributed by atoms with van der Waals surface area (Å²) in [6, 6.07) is 8.99. The number of amides is 1. The van der Waals surface area contributed by atoms with E-state index in [-0.39, 0.29) is 47.9 Å². The lowest BCUT2D eigenvalue weighted by atomic mass is 9.81. The van der Waals surface area contributed by atoms with Crippen LogP contribution in [0.15, 0.2) is 41.4 Å². The predicted octanol–water partition coefficient (Wildman–Crippen LogP) is 5.44. The van der Waals surface area contributed by atoms with Gasteiger partial charge in [0.15, 0.2) is 9.84 Å². The molecule has 202 valence electrons. The third-order valence-electron chi connectivity index (χ3n) is 7.73. The second-order valence-electron chi connectivity index (χ2n) is 10.1. The van der Waals surface area contributed by atoms with Crippen molar-refractivity contribution in [2.45, 2.75) is 76.2 Å². The Morgan fingerprint density at radius 1 is 1.11 bits per heavy atom. The number of alkyl halides is 3. The zero-order valence-electron chi connectivity index (χ0n) is 21.2. The van der Waals surface area contributed by atoms with Crippen LogP contribution in [0.1, 0.15) is 79.2 Å². The number of carbonyl (C=O) groups excluding carboxylic acids is 1. The second-order valence-corrected chi connectivity index (χ2v) is 12.4. The number of benzene rings is 1. The molecular formula is C27H34F3N3O3S. The van der Waals surface area contributed by atoms with E-state index in [0.717, 1.165) is 18.5 Å². The Morgan fingerprint density at radius 2 is 1.84 bits per heavy atom. The van der Waals surface area contributed by atoms with Crippen LogP contribution in [0.5, 0.6) is 0 Å². The predicted molar refractivity (Wildman–Crippen MR) is 135 cm³/mol. The van der Waals surface area contributed by atoms with Crippen molar-refractivity contribution < 1.29 is 26.4 Å². The van der Waals surface area contributed by atoms with Crippen molar-refractivity contribution in [3.63, 3.8) is 0 Å². The average Bonchev–Trinajstić information content (AvgIpc) is 3.23. The SMILES string of the molecule is CC[C@H]1c2ccc(C(=O)NCc3ccc(S(=O)(=O)CC)cn3)cc2CN1C[C@H]1CC[C@H](C(F)(F)F)CC1. The molecular weight excluding hydrogens is 503 g/mol. The maximum absolute atomic E-state index is 13.0. The van der Waals surface area contributed by atoms with Gasteiger partial charge in [-0.05, 0) is 73.4 Å². The highest BCUT2D eigenvalue weighted by atomic mass is 32.2. The number of nitrogens with zero attached hydrogens (tertiary/aromatic N) is 2. The topological polar surface area (TPSA) is 79.4 Å². The standard InChI is InChI=1S/C27H34F3N3O3S/c1-3-25-24-12-7-19(26(34)32-14-22-10-11-23(15-31-22)37(35,36)4-2)13-20(24)17-33(25)16-18-5-8-21(9-6-18)27(28,29)30/h7,10-13,15,18,21,25H,3-6,8-9,14,16-17H2,1-2H3,(H,32,34)/t18-,21-,25-/m0/s1. The molecule has 2 heterocycles. The van der Waals surface area contributed by atoms with Crippen molar-refractivity contribution >= 4 is 15.7 Å².